The summed E-state index contributed by atoms with van der Waals surface area (Å²) in [6, 6.07) is 0. The summed E-state index contributed by atoms with van der Waals surface area (Å²) < 4.78 is 0. The highest BCUT2D eigenvalue weighted by Crippen LogP contribution is 2.34. The molecule has 0 aromatic carbocycles. The summed E-state index contributed by atoms with van der Waals surface area (Å²) in [7, 11) is 0. The number of hydrogen-bond acceptors (Lipinski definition) is 3. The zero-order chi connectivity index (χ0) is 10.2. The number of nitrogens with two attached hydrogens (primary N) is 2. The van der Waals surface area contributed by atoms with Gasteiger partial charge in [-0.05, 0) is 18.4 Å². The van der Waals surface area contributed by atoms with Crippen molar-refractivity contribution in [2.45, 2.75) is 26.7 Å². The summed E-state index contributed by atoms with van der Waals surface area (Å²) in [5.74, 6) is -0.137. The predicted molar refractivity (Wildman–Crippen MR) is 56.1 cm³/mol. The Balaban J connectivity index is 3.38. The molecule has 0 saturated carbocycles. The highest BCUT2D eigenvalue weighted by Gasteiger charge is 2.19. The van der Waals surface area contributed by atoms with Gasteiger partial charge in [0.15, 0.2) is 0 Å². The Bertz CT molecular complexity index is 342. The second kappa shape index (κ2) is 3.38. The number of primary amides is 1. The van der Waals surface area contributed by atoms with Crippen LogP contribution in [-0.2, 0) is 0 Å². The molecule has 4 N–H and O–H groups in total. The van der Waals surface area contributed by atoms with E-state index in [0.717, 1.165) is 10.4 Å². The van der Waals surface area contributed by atoms with Gasteiger partial charge in [0, 0.05) is 4.88 Å². The Labute approximate surface area is 81.7 Å². The maximum absolute atomic E-state index is 11.1. The van der Waals surface area contributed by atoms with Crippen LogP contribution in [0.15, 0.2) is 0 Å². The quantitative estimate of drug-likeness (QED) is 0.761. The second-order valence-electron chi connectivity index (χ2n) is 3.33. The lowest BCUT2D eigenvalue weighted by molar-refractivity contribution is 0.100. The van der Waals surface area contributed by atoms with Gasteiger partial charge < -0.3 is 11.5 Å². The normalized spacial score (nSPS) is 10.8. The molecule has 0 aliphatic rings. The molecule has 0 spiro atoms. The minimum absolute atomic E-state index is 0.288. The van der Waals surface area contributed by atoms with Crippen molar-refractivity contribution in [1.82, 2.24) is 0 Å². The van der Waals surface area contributed by atoms with E-state index in [-0.39, 0.29) is 5.92 Å². The van der Waals surface area contributed by atoms with E-state index in [1.165, 1.54) is 11.3 Å². The molecule has 1 heterocycles. The zero-order valence-electron chi connectivity index (χ0n) is 8.05. The summed E-state index contributed by atoms with van der Waals surface area (Å²) in [5, 5.41) is 0.536. The lowest BCUT2D eigenvalue weighted by Gasteiger charge is -2.06. The topological polar surface area (TPSA) is 69.1 Å². The van der Waals surface area contributed by atoms with Gasteiger partial charge in [-0.25, -0.2) is 0 Å². The summed E-state index contributed by atoms with van der Waals surface area (Å²) in [6.45, 7) is 6.02. The van der Waals surface area contributed by atoms with Crippen molar-refractivity contribution in [2.75, 3.05) is 5.73 Å². The monoisotopic (exact) mass is 198 g/mol. The molecule has 1 aromatic heterocycles. The molecule has 0 radical (unpaired) electrons. The number of amides is 1. The molecule has 0 saturated heterocycles. The molecule has 1 amide bonds. The van der Waals surface area contributed by atoms with Crippen LogP contribution in [0.5, 0.6) is 0 Å². The van der Waals surface area contributed by atoms with Crippen LogP contribution in [0, 0.1) is 6.92 Å². The van der Waals surface area contributed by atoms with Crippen molar-refractivity contribution in [3.63, 3.8) is 0 Å². The molecular weight excluding hydrogens is 184 g/mol. The number of nitrogen functional groups attached to an aromatic ring is 1. The SMILES string of the molecule is Cc1sc(N)c(C(N)=O)c1C(C)C. The molecule has 0 fully saturated rings. The number of carbonyl (C=O) groups excluding carboxylic acids is 1. The molecule has 3 nitrogen and oxygen atoms in total. The van der Waals surface area contributed by atoms with Gasteiger partial charge in [-0.15, -0.1) is 11.3 Å². The van der Waals surface area contributed by atoms with Crippen molar-refractivity contribution in [3.8, 4) is 0 Å². The van der Waals surface area contributed by atoms with Crippen LogP contribution in [0.25, 0.3) is 0 Å². The third kappa shape index (κ3) is 1.67. The fraction of sp³-hybridized carbons (Fsp3) is 0.444. The first kappa shape index (κ1) is 10.1. The molecule has 13 heavy (non-hydrogen) atoms. The largest absolute Gasteiger partial charge is 0.390 e. The van der Waals surface area contributed by atoms with E-state index < -0.39 is 5.91 Å². The third-order valence-electron chi connectivity index (χ3n) is 1.98. The van der Waals surface area contributed by atoms with Gasteiger partial charge in [0.25, 0.3) is 5.91 Å². The summed E-state index contributed by atoms with van der Waals surface area (Å²) in [5.41, 5.74) is 12.5. The number of aryl methyl sites for hydroxylation is 1. The molecule has 0 unspecified atom stereocenters. The lowest BCUT2D eigenvalue weighted by atomic mass is 9.99. The first-order valence-electron chi connectivity index (χ1n) is 4.13. The van der Waals surface area contributed by atoms with Crippen LogP contribution in [0.4, 0.5) is 5.00 Å². The molecule has 4 heteroatoms. The van der Waals surface area contributed by atoms with E-state index in [0.29, 0.717) is 10.6 Å². The van der Waals surface area contributed by atoms with Crippen molar-refractivity contribution in [1.29, 1.82) is 0 Å². The molecule has 0 atom stereocenters. The predicted octanol–water partition coefficient (Wildman–Crippen LogP) is 1.86. The summed E-state index contributed by atoms with van der Waals surface area (Å²) >= 11 is 1.43. The van der Waals surface area contributed by atoms with Gasteiger partial charge in [0.1, 0.15) is 0 Å². The fourth-order valence-electron chi connectivity index (χ4n) is 1.53. The smallest absolute Gasteiger partial charge is 0.251 e. The lowest BCUT2D eigenvalue weighted by Crippen LogP contribution is -2.14. The number of anilines is 1. The highest BCUT2D eigenvalue weighted by molar-refractivity contribution is 7.16. The average Bonchev–Trinajstić information content (AvgIpc) is 2.24. The molecule has 0 bridgehead atoms. The van der Waals surface area contributed by atoms with E-state index in [1.807, 2.05) is 20.8 Å². The summed E-state index contributed by atoms with van der Waals surface area (Å²) in [4.78, 5) is 12.2. The maximum atomic E-state index is 11.1. The third-order valence-corrected chi connectivity index (χ3v) is 2.93. The Morgan fingerprint density at radius 3 is 2.31 bits per heavy atom. The van der Waals surface area contributed by atoms with Crippen molar-refractivity contribution in [2.24, 2.45) is 5.73 Å². The molecule has 0 aliphatic heterocycles. The summed E-state index contributed by atoms with van der Waals surface area (Å²) in [6.07, 6.45) is 0. The molecule has 1 rings (SSSR count). The Morgan fingerprint density at radius 2 is 2.00 bits per heavy atom. The van der Waals surface area contributed by atoms with Gasteiger partial charge in [0.2, 0.25) is 0 Å². The second-order valence-corrected chi connectivity index (χ2v) is 4.59. The molecule has 72 valence electrons. The van der Waals surface area contributed by atoms with Crippen LogP contribution in [-0.4, -0.2) is 5.91 Å². The zero-order valence-corrected chi connectivity index (χ0v) is 8.87. The number of carbonyl (C=O) groups is 1. The van der Waals surface area contributed by atoms with Crippen LogP contribution in [0.1, 0.15) is 40.6 Å². The Kier molecular flexibility index (Phi) is 2.61. The Hall–Kier alpha value is -1.03. The molecule has 0 aliphatic carbocycles. The minimum atomic E-state index is -0.425. The first-order chi connectivity index (χ1) is 5.95. The molecular formula is C9H14N2OS. The van der Waals surface area contributed by atoms with Gasteiger partial charge >= 0.3 is 0 Å². The number of thiophene rings is 1. The van der Waals surface area contributed by atoms with Crippen LogP contribution < -0.4 is 11.5 Å². The fourth-order valence-corrected chi connectivity index (χ4v) is 2.62. The maximum Gasteiger partial charge on any atom is 0.251 e. The van der Waals surface area contributed by atoms with E-state index in [9.17, 15) is 4.79 Å². The van der Waals surface area contributed by atoms with E-state index in [4.69, 9.17) is 11.5 Å². The first-order valence-corrected chi connectivity index (χ1v) is 4.95. The van der Waals surface area contributed by atoms with Crippen LogP contribution in [0.2, 0.25) is 0 Å². The van der Waals surface area contributed by atoms with Gasteiger partial charge in [-0.1, -0.05) is 13.8 Å². The average molecular weight is 198 g/mol. The number of hydrogen-bond donors (Lipinski definition) is 2. The van der Waals surface area contributed by atoms with Crippen LogP contribution >= 0.6 is 11.3 Å². The van der Waals surface area contributed by atoms with Crippen molar-refractivity contribution < 1.29 is 4.79 Å². The van der Waals surface area contributed by atoms with E-state index >= 15 is 0 Å². The number of rotatable bonds is 2. The van der Waals surface area contributed by atoms with Crippen molar-refractivity contribution >= 4 is 22.2 Å². The van der Waals surface area contributed by atoms with Gasteiger partial charge in [0.05, 0.1) is 10.6 Å². The van der Waals surface area contributed by atoms with E-state index in [2.05, 4.69) is 0 Å². The van der Waals surface area contributed by atoms with Crippen molar-refractivity contribution in [3.05, 3.63) is 16.0 Å². The highest BCUT2D eigenvalue weighted by atomic mass is 32.1. The standard InChI is InChI=1S/C9H14N2OS/c1-4(2)6-5(3)13-9(11)7(6)8(10)12/h4H,11H2,1-3H3,(H2,10,12). The van der Waals surface area contributed by atoms with E-state index in [1.54, 1.807) is 0 Å². The van der Waals surface area contributed by atoms with Crippen LogP contribution in [0.3, 0.4) is 0 Å². The van der Waals surface area contributed by atoms with Gasteiger partial charge in [-0.3, -0.25) is 4.79 Å². The molecule has 1 aromatic rings. The Morgan fingerprint density at radius 1 is 1.46 bits per heavy atom. The van der Waals surface area contributed by atoms with Gasteiger partial charge in [-0.2, -0.15) is 0 Å². The minimum Gasteiger partial charge on any atom is -0.390 e.